The van der Waals surface area contributed by atoms with E-state index in [4.69, 9.17) is 15.2 Å². The average Bonchev–Trinajstić information content (AvgIpc) is 2.16. The molecule has 0 aliphatic rings. The van der Waals surface area contributed by atoms with E-state index in [9.17, 15) is 8.78 Å². The van der Waals surface area contributed by atoms with Gasteiger partial charge in [-0.1, -0.05) is 0 Å². The number of nitrogens with zero attached hydrogens (tertiary/aromatic N) is 1. The predicted molar refractivity (Wildman–Crippen MR) is 46.7 cm³/mol. The molecule has 0 unspecified atom stereocenters. The maximum atomic E-state index is 12.3. The Morgan fingerprint density at radius 2 is 2.00 bits per heavy atom. The molecule has 0 aromatic carbocycles. The molecule has 4 nitrogen and oxygen atoms in total. The molecule has 14 heavy (non-hydrogen) atoms. The Morgan fingerprint density at radius 1 is 1.36 bits per heavy atom. The van der Waals surface area contributed by atoms with Gasteiger partial charge in [-0.15, -0.1) is 0 Å². The van der Waals surface area contributed by atoms with Gasteiger partial charge in [-0.3, -0.25) is 0 Å². The van der Waals surface area contributed by atoms with Crippen LogP contribution in [0, 0.1) is 0 Å². The van der Waals surface area contributed by atoms with E-state index < -0.39 is 12.1 Å². The molecule has 0 spiro atoms. The highest BCUT2D eigenvalue weighted by molar-refractivity contribution is 5.52. The molecule has 0 aliphatic heterocycles. The summed E-state index contributed by atoms with van der Waals surface area (Å²) >= 11 is 0. The van der Waals surface area contributed by atoms with Crippen LogP contribution in [-0.4, -0.2) is 19.2 Å². The maximum absolute atomic E-state index is 12.3. The Hall–Kier alpha value is -1.59. The molecule has 0 fully saturated rings. The summed E-state index contributed by atoms with van der Waals surface area (Å²) in [6, 6.07) is 1.26. The first-order valence-electron chi connectivity index (χ1n) is 3.76. The second kappa shape index (κ2) is 4.08. The van der Waals surface area contributed by atoms with E-state index in [-0.39, 0.29) is 17.3 Å². The Kier molecular flexibility index (Phi) is 3.06. The van der Waals surface area contributed by atoms with Crippen molar-refractivity contribution < 1.29 is 18.3 Å². The van der Waals surface area contributed by atoms with Crippen molar-refractivity contribution in [3.05, 3.63) is 11.8 Å². The lowest BCUT2D eigenvalue weighted by molar-refractivity contribution is 0.145. The van der Waals surface area contributed by atoms with Crippen LogP contribution in [0.5, 0.6) is 11.6 Å². The normalized spacial score (nSPS) is 10.4. The zero-order valence-corrected chi connectivity index (χ0v) is 7.75. The molecule has 1 rings (SSSR count). The summed E-state index contributed by atoms with van der Waals surface area (Å²) in [5, 5.41) is 0. The van der Waals surface area contributed by atoms with E-state index in [0.717, 1.165) is 0 Å². The summed E-state index contributed by atoms with van der Waals surface area (Å²) in [6.45, 7) is 0. The van der Waals surface area contributed by atoms with E-state index >= 15 is 0 Å². The van der Waals surface area contributed by atoms with Gasteiger partial charge in [0.15, 0.2) is 5.75 Å². The number of nitrogen functional groups attached to an aromatic ring is 1. The van der Waals surface area contributed by atoms with Crippen molar-refractivity contribution in [2.24, 2.45) is 0 Å². The van der Waals surface area contributed by atoms with Crippen LogP contribution in [0.15, 0.2) is 6.07 Å². The second-order valence-corrected chi connectivity index (χ2v) is 2.48. The lowest BCUT2D eigenvalue weighted by Crippen LogP contribution is -2.02. The third-order valence-corrected chi connectivity index (χ3v) is 1.64. The number of halogens is 2. The summed E-state index contributed by atoms with van der Waals surface area (Å²) in [4.78, 5) is 3.54. The minimum Gasteiger partial charge on any atom is -0.491 e. The first-order valence-corrected chi connectivity index (χ1v) is 3.76. The molecule has 0 amide bonds. The number of methoxy groups -OCH3 is 2. The lowest BCUT2D eigenvalue weighted by atomic mass is 10.3. The molecular weight excluding hydrogens is 194 g/mol. The average molecular weight is 204 g/mol. The molecule has 1 aromatic heterocycles. The molecule has 0 bridgehead atoms. The Morgan fingerprint density at radius 3 is 2.43 bits per heavy atom. The molecule has 0 atom stereocenters. The van der Waals surface area contributed by atoms with Crippen LogP contribution < -0.4 is 15.2 Å². The van der Waals surface area contributed by atoms with E-state index in [1.807, 2.05) is 0 Å². The highest BCUT2D eigenvalue weighted by atomic mass is 19.3. The number of hydrogen-bond donors (Lipinski definition) is 1. The van der Waals surface area contributed by atoms with Gasteiger partial charge in [-0.2, -0.15) is 0 Å². The minimum absolute atomic E-state index is 0.00278. The second-order valence-electron chi connectivity index (χ2n) is 2.48. The highest BCUT2D eigenvalue weighted by Crippen LogP contribution is 2.32. The van der Waals surface area contributed by atoms with Crippen LogP contribution in [0.25, 0.3) is 0 Å². The maximum Gasteiger partial charge on any atom is 0.282 e. The van der Waals surface area contributed by atoms with Crippen LogP contribution in [0.1, 0.15) is 12.1 Å². The highest BCUT2D eigenvalue weighted by Gasteiger charge is 2.17. The number of ether oxygens (including phenoxy) is 2. The summed E-state index contributed by atoms with van der Waals surface area (Å²) in [7, 11) is 2.69. The van der Waals surface area contributed by atoms with Crippen molar-refractivity contribution in [1.29, 1.82) is 0 Å². The summed E-state index contributed by atoms with van der Waals surface area (Å²) in [6.07, 6.45) is -2.73. The van der Waals surface area contributed by atoms with Gasteiger partial charge in [0.2, 0.25) is 0 Å². The van der Waals surface area contributed by atoms with Gasteiger partial charge in [0, 0.05) is 6.07 Å². The predicted octanol–water partition coefficient (Wildman–Crippen LogP) is 1.62. The molecule has 2 N–H and O–H groups in total. The van der Waals surface area contributed by atoms with E-state index in [0.29, 0.717) is 0 Å². The van der Waals surface area contributed by atoms with Crippen molar-refractivity contribution in [2.45, 2.75) is 6.43 Å². The summed E-state index contributed by atoms with van der Waals surface area (Å²) in [5.74, 6) is 0.228. The molecule has 0 saturated carbocycles. The Labute approximate surface area is 79.6 Å². The van der Waals surface area contributed by atoms with Crippen LogP contribution >= 0.6 is 0 Å². The summed E-state index contributed by atoms with van der Waals surface area (Å²) < 4.78 is 34.3. The van der Waals surface area contributed by atoms with Gasteiger partial charge in [0.25, 0.3) is 12.3 Å². The topological polar surface area (TPSA) is 57.4 Å². The largest absolute Gasteiger partial charge is 0.491 e. The molecule has 1 heterocycles. The van der Waals surface area contributed by atoms with Crippen molar-refractivity contribution in [1.82, 2.24) is 4.98 Å². The van der Waals surface area contributed by atoms with E-state index in [1.54, 1.807) is 0 Å². The zero-order chi connectivity index (χ0) is 10.7. The third kappa shape index (κ3) is 1.84. The van der Waals surface area contributed by atoms with Crippen LogP contribution in [-0.2, 0) is 0 Å². The summed E-state index contributed by atoms with van der Waals surface area (Å²) in [5.41, 5.74) is 4.73. The van der Waals surface area contributed by atoms with Crippen molar-refractivity contribution >= 4 is 5.69 Å². The fourth-order valence-corrected chi connectivity index (χ4v) is 0.973. The fraction of sp³-hybridized carbons (Fsp3) is 0.375. The zero-order valence-electron chi connectivity index (χ0n) is 7.75. The Bertz CT molecular complexity index is 331. The Balaban J connectivity index is 3.23. The number of hydrogen-bond acceptors (Lipinski definition) is 4. The van der Waals surface area contributed by atoms with E-state index in [2.05, 4.69) is 4.98 Å². The molecule has 1 aromatic rings. The number of rotatable bonds is 3. The van der Waals surface area contributed by atoms with Gasteiger partial charge >= 0.3 is 0 Å². The number of anilines is 1. The van der Waals surface area contributed by atoms with E-state index in [1.165, 1.54) is 20.3 Å². The lowest BCUT2D eigenvalue weighted by Gasteiger charge is -2.10. The van der Waals surface area contributed by atoms with Gasteiger partial charge in [0.05, 0.1) is 19.9 Å². The standard InChI is InChI=1S/C8H10F2N2O2/c1-13-5-3-4(11)6(7(9)10)12-8(5)14-2/h3,7H,11H2,1-2H3. The monoisotopic (exact) mass is 204 g/mol. The first-order chi connectivity index (χ1) is 6.60. The number of pyridine rings is 1. The van der Waals surface area contributed by atoms with Crippen molar-refractivity contribution in [3.63, 3.8) is 0 Å². The SMILES string of the molecule is COc1cc(N)c(C(F)F)nc1OC. The van der Waals surface area contributed by atoms with Gasteiger partial charge in [-0.05, 0) is 0 Å². The minimum atomic E-state index is -2.73. The first kappa shape index (κ1) is 10.5. The van der Waals surface area contributed by atoms with Crippen LogP contribution in [0.4, 0.5) is 14.5 Å². The molecule has 0 saturated heterocycles. The van der Waals surface area contributed by atoms with Gasteiger partial charge in [-0.25, -0.2) is 13.8 Å². The molecule has 0 aliphatic carbocycles. The number of alkyl halides is 2. The number of nitrogens with two attached hydrogens (primary N) is 1. The quantitative estimate of drug-likeness (QED) is 0.812. The van der Waals surface area contributed by atoms with Gasteiger partial charge < -0.3 is 15.2 Å². The van der Waals surface area contributed by atoms with Crippen LogP contribution in [0.3, 0.4) is 0 Å². The molecular formula is C8H10F2N2O2. The van der Waals surface area contributed by atoms with Crippen molar-refractivity contribution in [2.75, 3.05) is 20.0 Å². The molecule has 6 heteroatoms. The molecule has 78 valence electrons. The molecule has 0 radical (unpaired) electrons. The third-order valence-electron chi connectivity index (χ3n) is 1.64. The van der Waals surface area contributed by atoms with Crippen molar-refractivity contribution in [3.8, 4) is 11.6 Å². The van der Waals surface area contributed by atoms with Gasteiger partial charge in [0.1, 0.15) is 5.69 Å². The smallest absolute Gasteiger partial charge is 0.282 e. The fourth-order valence-electron chi connectivity index (χ4n) is 0.973. The number of aromatic nitrogens is 1. The van der Waals surface area contributed by atoms with Crippen LogP contribution in [0.2, 0.25) is 0 Å².